The molecule has 118 valence electrons. The first-order valence-corrected chi connectivity index (χ1v) is 8.57. The third kappa shape index (κ3) is 2.92. The molecule has 0 aromatic carbocycles. The molecule has 2 aliphatic carbocycles. The third-order valence-corrected chi connectivity index (χ3v) is 5.66. The van der Waals surface area contributed by atoms with Crippen molar-refractivity contribution in [1.29, 1.82) is 0 Å². The van der Waals surface area contributed by atoms with E-state index in [0.717, 1.165) is 12.3 Å². The second kappa shape index (κ2) is 6.60. The number of carbonyl (C=O) groups is 2. The van der Waals surface area contributed by atoms with Crippen LogP contribution in [-0.2, 0) is 14.3 Å². The van der Waals surface area contributed by atoms with Gasteiger partial charge in [-0.15, -0.1) is 11.3 Å². The third-order valence-electron chi connectivity index (χ3n) is 4.89. The fraction of sp³-hybridized carbons (Fsp3) is 0.562. The molecule has 3 rings (SSSR count). The van der Waals surface area contributed by atoms with Crippen molar-refractivity contribution in [3.8, 4) is 0 Å². The van der Waals surface area contributed by atoms with Crippen LogP contribution >= 0.6 is 11.3 Å². The Hall–Kier alpha value is -1.69. The number of hydrogen-bond acceptors (Lipinski definition) is 5. The summed E-state index contributed by atoms with van der Waals surface area (Å²) in [6.07, 6.45) is 8.93. The lowest BCUT2D eigenvalue weighted by Gasteiger charge is -2.15. The van der Waals surface area contributed by atoms with Crippen LogP contribution in [0, 0.1) is 17.8 Å². The summed E-state index contributed by atoms with van der Waals surface area (Å²) in [5, 5.41) is 4.80. The van der Waals surface area contributed by atoms with Crippen LogP contribution in [-0.4, -0.2) is 24.5 Å². The summed E-state index contributed by atoms with van der Waals surface area (Å²) in [4.78, 5) is 26.9. The van der Waals surface area contributed by atoms with Crippen molar-refractivity contribution in [3.63, 3.8) is 0 Å². The fourth-order valence-corrected chi connectivity index (χ4v) is 4.58. The van der Waals surface area contributed by atoms with Crippen molar-refractivity contribution in [2.45, 2.75) is 32.1 Å². The minimum atomic E-state index is -0.357. The van der Waals surface area contributed by atoms with E-state index in [0.29, 0.717) is 34.6 Å². The number of hydrogen-bond donors (Lipinski definition) is 1. The van der Waals surface area contributed by atoms with Crippen molar-refractivity contribution in [1.82, 2.24) is 4.98 Å². The Bertz CT molecular complexity index is 596. The first kappa shape index (κ1) is 15.2. The van der Waals surface area contributed by atoms with Gasteiger partial charge in [-0.05, 0) is 37.0 Å². The first-order valence-electron chi connectivity index (χ1n) is 7.69. The summed E-state index contributed by atoms with van der Waals surface area (Å²) in [6, 6.07) is 0. The molecular formula is C16H20N2O3S. The molecule has 6 heteroatoms. The Morgan fingerprint density at radius 3 is 3.05 bits per heavy atom. The molecule has 0 spiro atoms. The van der Waals surface area contributed by atoms with E-state index in [4.69, 9.17) is 4.74 Å². The number of aromatic nitrogens is 1. The van der Waals surface area contributed by atoms with Crippen LogP contribution in [0.5, 0.6) is 0 Å². The maximum Gasteiger partial charge on any atom is 0.339 e. The number of anilines is 1. The molecule has 0 bridgehead atoms. The Kier molecular flexibility index (Phi) is 4.57. The fourth-order valence-electron chi connectivity index (χ4n) is 3.91. The standard InChI is InChI=1S/C16H20N2O3S/c1-21-15(20)13(14-8-22-16(18-14)17-9-19)7-11-6-5-10-3-2-4-12(10)11/h7-12H,2-6H2,1H3,(H,17,18,19). The average Bonchev–Trinajstić information content (AvgIpc) is 3.21. The predicted octanol–water partition coefficient (Wildman–Crippen LogP) is 3.09. The van der Waals surface area contributed by atoms with Crippen LogP contribution in [0.15, 0.2) is 11.5 Å². The topological polar surface area (TPSA) is 68.3 Å². The highest BCUT2D eigenvalue weighted by Crippen LogP contribution is 2.48. The highest BCUT2D eigenvalue weighted by Gasteiger charge is 2.38. The number of ether oxygens (including phenoxy) is 1. The lowest BCUT2D eigenvalue weighted by Crippen LogP contribution is -2.11. The van der Waals surface area contributed by atoms with E-state index in [1.54, 1.807) is 5.38 Å². The summed E-state index contributed by atoms with van der Waals surface area (Å²) >= 11 is 1.31. The van der Waals surface area contributed by atoms with Gasteiger partial charge in [0.25, 0.3) is 0 Å². The number of esters is 1. The zero-order valence-electron chi connectivity index (χ0n) is 12.6. The number of rotatable bonds is 5. The molecule has 0 radical (unpaired) electrons. The molecule has 3 atom stereocenters. The van der Waals surface area contributed by atoms with Gasteiger partial charge < -0.3 is 10.1 Å². The van der Waals surface area contributed by atoms with Gasteiger partial charge in [0, 0.05) is 5.38 Å². The number of nitrogens with one attached hydrogen (secondary N) is 1. The molecule has 0 saturated heterocycles. The highest BCUT2D eigenvalue weighted by atomic mass is 32.1. The molecule has 3 unspecified atom stereocenters. The van der Waals surface area contributed by atoms with Gasteiger partial charge in [0.2, 0.25) is 6.41 Å². The molecule has 1 N–H and O–H groups in total. The van der Waals surface area contributed by atoms with Gasteiger partial charge in [-0.3, -0.25) is 4.79 Å². The molecule has 1 aromatic heterocycles. The van der Waals surface area contributed by atoms with Gasteiger partial charge in [0.15, 0.2) is 5.13 Å². The smallest absolute Gasteiger partial charge is 0.339 e. The van der Waals surface area contributed by atoms with Crippen molar-refractivity contribution < 1.29 is 14.3 Å². The van der Waals surface area contributed by atoms with E-state index in [1.165, 1.54) is 44.1 Å². The highest BCUT2D eigenvalue weighted by molar-refractivity contribution is 7.14. The first-order chi connectivity index (χ1) is 10.7. The van der Waals surface area contributed by atoms with Crippen LogP contribution in [0.25, 0.3) is 5.57 Å². The number of methoxy groups -OCH3 is 1. The van der Waals surface area contributed by atoms with E-state index in [2.05, 4.69) is 16.4 Å². The van der Waals surface area contributed by atoms with Crippen molar-refractivity contribution >= 4 is 34.4 Å². The number of allylic oxidation sites excluding steroid dienone is 1. The van der Waals surface area contributed by atoms with Gasteiger partial charge in [0.05, 0.1) is 18.4 Å². The minimum absolute atomic E-state index is 0.357. The molecule has 5 nitrogen and oxygen atoms in total. The largest absolute Gasteiger partial charge is 0.465 e. The Labute approximate surface area is 133 Å². The lowest BCUT2D eigenvalue weighted by molar-refractivity contribution is -0.133. The number of nitrogens with zero attached hydrogens (tertiary/aromatic N) is 1. The second-order valence-corrected chi connectivity index (χ2v) is 6.83. The minimum Gasteiger partial charge on any atom is -0.465 e. The van der Waals surface area contributed by atoms with Gasteiger partial charge in [-0.2, -0.15) is 0 Å². The Morgan fingerprint density at radius 2 is 2.27 bits per heavy atom. The molecular weight excluding hydrogens is 300 g/mol. The normalized spacial score (nSPS) is 27.5. The quantitative estimate of drug-likeness (QED) is 0.514. The Balaban J connectivity index is 1.87. The molecule has 1 aromatic rings. The van der Waals surface area contributed by atoms with E-state index in [1.807, 2.05) is 0 Å². The van der Waals surface area contributed by atoms with E-state index in [9.17, 15) is 9.59 Å². The van der Waals surface area contributed by atoms with E-state index in [-0.39, 0.29) is 5.97 Å². The summed E-state index contributed by atoms with van der Waals surface area (Å²) in [7, 11) is 1.39. The summed E-state index contributed by atoms with van der Waals surface area (Å²) in [5.74, 6) is 1.60. The Morgan fingerprint density at radius 1 is 1.41 bits per heavy atom. The SMILES string of the molecule is COC(=O)C(=CC1CCC2CCCC12)c1csc(NC=O)n1. The van der Waals surface area contributed by atoms with Gasteiger partial charge in [-0.1, -0.05) is 18.9 Å². The zero-order valence-corrected chi connectivity index (χ0v) is 13.4. The average molecular weight is 320 g/mol. The second-order valence-electron chi connectivity index (χ2n) is 5.97. The lowest BCUT2D eigenvalue weighted by atomic mass is 9.90. The molecule has 2 saturated carbocycles. The predicted molar refractivity (Wildman–Crippen MR) is 85.3 cm³/mol. The maximum absolute atomic E-state index is 12.1. The summed E-state index contributed by atoms with van der Waals surface area (Å²) < 4.78 is 4.93. The van der Waals surface area contributed by atoms with Gasteiger partial charge in [0.1, 0.15) is 0 Å². The van der Waals surface area contributed by atoms with Crippen LogP contribution in [0.1, 0.15) is 37.8 Å². The van der Waals surface area contributed by atoms with Crippen LogP contribution < -0.4 is 5.32 Å². The summed E-state index contributed by atoms with van der Waals surface area (Å²) in [6.45, 7) is 0. The van der Waals surface area contributed by atoms with Crippen LogP contribution in [0.3, 0.4) is 0 Å². The maximum atomic E-state index is 12.1. The molecule has 1 amide bonds. The van der Waals surface area contributed by atoms with Gasteiger partial charge >= 0.3 is 5.97 Å². The van der Waals surface area contributed by atoms with Crippen LogP contribution in [0.4, 0.5) is 5.13 Å². The molecule has 2 fully saturated rings. The number of thiazole rings is 1. The number of amides is 1. The molecule has 1 heterocycles. The van der Waals surface area contributed by atoms with E-state index < -0.39 is 0 Å². The number of fused-ring (bicyclic) bond motifs is 1. The van der Waals surface area contributed by atoms with E-state index >= 15 is 0 Å². The molecule has 0 aliphatic heterocycles. The van der Waals surface area contributed by atoms with Crippen molar-refractivity contribution in [3.05, 3.63) is 17.2 Å². The van der Waals surface area contributed by atoms with Crippen molar-refractivity contribution in [2.75, 3.05) is 12.4 Å². The van der Waals surface area contributed by atoms with Crippen molar-refractivity contribution in [2.24, 2.45) is 17.8 Å². The van der Waals surface area contributed by atoms with Gasteiger partial charge in [-0.25, -0.2) is 9.78 Å². The van der Waals surface area contributed by atoms with Crippen LogP contribution in [0.2, 0.25) is 0 Å². The molecule has 2 aliphatic rings. The monoisotopic (exact) mass is 320 g/mol. The number of carbonyl (C=O) groups excluding carboxylic acids is 2. The summed E-state index contributed by atoms with van der Waals surface area (Å²) in [5.41, 5.74) is 1.11. The molecule has 22 heavy (non-hydrogen) atoms. The zero-order chi connectivity index (χ0) is 15.5.